The largest absolute Gasteiger partial charge is 0.507 e. The lowest BCUT2D eigenvalue weighted by atomic mass is 9.81. The monoisotopic (exact) mass is 319 g/mol. The van der Waals surface area contributed by atoms with Gasteiger partial charge in [-0.2, -0.15) is 0 Å². The van der Waals surface area contributed by atoms with E-state index in [4.69, 9.17) is 0 Å². The Morgan fingerprint density at radius 3 is 2.29 bits per heavy atom. The van der Waals surface area contributed by atoms with Gasteiger partial charge in [0.05, 0.1) is 5.56 Å². The van der Waals surface area contributed by atoms with Crippen LogP contribution in [-0.2, 0) is 5.41 Å². The van der Waals surface area contributed by atoms with Crippen LogP contribution in [0.15, 0.2) is 65.5 Å². The van der Waals surface area contributed by atoms with Crippen molar-refractivity contribution in [2.75, 3.05) is 0 Å². The molecule has 0 unspecified atom stereocenters. The minimum Gasteiger partial charge on any atom is -0.507 e. The fourth-order valence-electron chi connectivity index (χ4n) is 2.97. The molecule has 24 heavy (non-hydrogen) atoms. The number of hydrogen-bond acceptors (Lipinski definition) is 2. The smallest absolute Gasteiger partial charge is 0.259 e. The summed E-state index contributed by atoms with van der Waals surface area (Å²) in [5.74, 6) is 0.00311. The number of aromatic hydroxyl groups is 1. The van der Waals surface area contributed by atoms with Crippen LogP contribution in [0.5, 0.6) is 5.75 Å². The van der Waals surface area contributed by atoms with Gasteiger partial charge in [-0.25, -0.2) is 0 Å². The zero-order chi connectivity index (χ0) is 17.3. The molecule has 2 N–H and O–H groups in total. The second-order valence-corrected chi connectivity index (χ2v) is 6.63. The standard InChI is InChI=1S/C21H21NO2/c1-14-8-7-9-15(12-14)19-17(23)13-18(22-20(19)24)21(2,3)16-10-5-4-6-11-16/h4-13H,1-3H3,(H2,22,23,24). The Morgan fingerprint density at radius 1 is 0.958 bits per heavy atom. The van der Waals surface area contributed by atoms with Gasteiger partial charge in [0.2, 0.25) is 0 Å². The average molecular weight is 319 g/mol. The van der Waals surface area contributed by atoms with E-state index in [1.54, 1.807) is 6.07 Å². The highest BCUT2D eigenvalue weighted by molar-refractivity contribution is 5.70. The van der Waals surface area contributed by atoms with Crippen LogP contribution >= 0.6 is 0 Å². The minimum absolute atomic E-state index is 0.00311. The Balaban J connectivity index is 2.13. The maximum atomic E-state index is 12.6. The maximum absolute atomic E-state index is 12.6. The number of aromatic nitrogens is 1. The van der Waals surface area contributed by atoms with Crippen LogP contribution in [0.4, 0.5) is 0 Å². The maximum Gasteiger partial charge on any atom is 0.259 e. The van der Waals surface area contributed by atoms with Crippen molar-refractivity contribution in [2.45, 2.75) is 26.2 Å². The van der Waals surface area contributed by atoms with Crippen LogP contribution in [-0.4, -0.2) is 10.1 Å². The molecular formula is C21H21NO2. The summed E-state index contributed by atoms with van der Waals surface area (Å²) >= 11 is 0. The molecule has 0 aliphatic carbocycles. The lowest BCUT2D eigenvalue weighted by Gasteiger charge is -2.26. The first-order valence-electron chi connectivity index (χ1n) is 7.99. The molecule has 0 spiro atoms. The third-order valence-electron chi connectivity index (χ3n) is 4.49. The van der Waals surface area contributed by atoms with E-state index in [2.05, 4.69) is 4.98 Å². The Labute approximate surface area is 141 Å². The number of H-pyrrole nitrogens is 1. The highest BCUT2D eigenvalue weighted by Crippen LogP contribution is 2.33. The fourth-order valence-corrected chi connectivity index (χ4v) is 2.97. The van der Waals surface area contributed by atoms with Crippen molar-refractivity contribution in [3.05, 3.63) is 87.8 Å². The summed E-state index contributed by atoms with van der Waals surface area (Å²) in [4.78, 5) is 15.6. The van der Waals surface area contributed by atoms with Crippen molar-refractivity contribution in [3.63, 3.8) is 0 Å². The molecule has 3 nitrogen and oxygen atoms in total. The Kier molecular flexibility index (Phi) is 4.02. The molecule has 0 radical (unpaired) electrons. The molecule has 122 valence electrons. The van der Waals surface area contributed by atoms with Gasteiger partial charge < -0.3 is 10.1 Å². The molecule has 3 aromatic rings. The minimum atomic E-state index is -0.414. The van der Waals surface area contributed by atoms with Crippen LogP contribution in [0.3, 0.4) is 0 Å². The molecule has 0 aliphatic rings. The summed E-state index contributed by atoms with van der Waals surface area (Å²) in [5.41, 5.74) is 3.14. The number of pyridine rings is 1. The van der Waals surface area contributed by atoms with E-state index in [1.165, 1.54) is 0 Å². The summed E-state index contributed by atoms with van der Waals surface area (Å²) < 4.78 is 0. The van der Waals surface area contributed by atoms with Gasteiger partial charge in [0.15, 0.2) is 0 Å². The summed E-state index contributed by atoms with van der Waals surface area (Å²) in [6.45, 7) is 6.01. The number of rotatable bonds is 3. The predicted molar refractivity (Wildman–Crippen MR) is 97.5 cm³/mol. The van der Waals surface area contributed by atoms with Gasteiger partial charge in [0.25, 0.3) is 5.56 Å². The first-order valence-corrected chi connectivity index (χ1v) is 7.99. The van der Waals surface area contributed by atoms with Crippen LogP contribution in [0.1, 0.15) is 30.7 Å². The molecule has 0 aliphatic heterocycles. The number of nitrogens with one attached hydrogen (secondary N) is 1. The molecule has 0 bridgehead atoms. The van der Waals surface area contributed by atoms with E-state index in [9.17, 15) is 9.90 Å². The quantitative estimate of drug-likeness (QED) is 0.752. The number of aromatic amines is 1. The van der Waals surface area contributed by atoms with Gasteiger partial charge >= 0.3 is 0 Å². The van der Waals surface area contributed by atoms with Crippen molar-refractivity contribution in [3.8, 4) is 16.9 Å². The summed E-state index contributed by atoms with van der Waals surface area (Å²) in [6, 6.07) is 19.2. The second-order valence-electron chi connectivity index (χ2n) is 6.63. The molecule has 0 amide bonds. The summed E-state index contributed by atoms with van der Waals surface area (Å²) in [5, 5.41) is 10.5. The highest BCUT2D eigenvalue weighted by atomic mass is 16.3. The normalized spacial score (nSPS) is 11.5. The highest BCUT2D eigenvalue weighted by Gasteiger charge is 2.26. The molecule has 2 aromatic carbocycles. The van der Waals surface area contributed by atoms with Gasteiger partial charge in [-0.3, -0.25) is 4.79 Å². The van der Waals surface area contributed by atoms with Gasteiger partial charge in [-0.05, 0) is 18.1 Å². The van der Waals surface area contributed by atoms with Crippen molar-refractivity contribution >= 4 is 0 Å². The number of benzene rings is 2. The predicted octanol–water partition coefficient (Wildman–Crippen LogP) is 4.38. The molecule has 1 aromatic heterocycles. The molecular weight excluding hydrogens is 298 g/mol. The van der Waals surface area contributed by atoms with Crippen LogP contribution in [0.25, 0.3) is 11.1 Å². The molecule has 0 atom stereocenters. The first-order chi connectivity index (χ1) is 11.4. The zero-order valence-corrected chi connectivity index (χ0v) is 14.1. The van der Waals surface area contributed by atoms with Crippen LogP contribution in [0.2, 0.25) is 0 Å². The van der Waals surface area contributed by atoms with E-state index >= 15 is 0 Å². The molecule has 0 fully saturated rings. The van der Waals surface area contributed by atoms with Gasteiger partial charge in [-0.1, -0.05) is 74.0 Å². The van der Waals surface area contributed by atoms with E-state index < -0.39 is 5.41 Å². The first kappa shape index (κ1) is 16.1. The van der Waals surface area contributed by atoms with Gasteiger partial charge in [0.1, 0.15) is 5.75 Å². The second kappa shape index (κ2) is 6.00. The van der Waals surface area contributed by atoms with E-state index in [0.717, 1.165) is 16.7 Å². The Hall–Kier alpha value is -2.81. The van der Waals surface area contributed by atoms with Gasteiger partial charge in [-0.15, -0.1) is 0 Å². The van der Waals surface area contributed by atoms with Crippen molar-refractivity contribution in [1.82, 2.24) is 4.98 Å². The number of aryl methyl sites for hydroxylation is 1. The fraction of sp³-hybridized carbons (Fsp3) is 0.190. The van der Waals surface area contributed by atoms with Crippen LogP contribution < -0.4 is 5.56 Å². The van der Waals surface area contributed by atoms with Crippen molar-refractivity contribution in [1.29, 1.82) is 0 Å². The Bertz CT molecular complexity index is 924. The zero-order valence-electron chi connectivity index (χ0n) is 14.1. The lowest BCUT2D eigenvalue weighted by Crippen LogP contribution is -2.24. The molecule has 3 heteroatoms. The van der Waals surface area contributed by atoms with Crippen molar-refractivity contribution < 1.29 is 5.11 Å². The number of hydrogen-bond donors (Lipinski definition) is 2. The van der Waals surface area contributed by atoms with E-state index in [0.29, 0.717) is 11.3 Å². The van der Waals surface area contributed by atoms with Crippen LogP contribution in [0, 0.1) is 6.92 Å². The average Bonchev–Trinajstić information content (AvgIpc) is 2.55. The third kappa shape index (κ3) is 2.85. The summed E-state index contributed by atoms with van der Waals surface area (Å²) in [6.07, 6.45) is 0. The SMILES string of the molecule is Cc1cccc(-c2c(O)cc(C(C)(C)c3ccccc3)[nH]c2=O)c1. The molecule has 3 rings (SSSR count). The molecule has 0 saturated carbocycles. The van der Waals surface area contributed by atoms with E-state index in [1.807, 2.05) is 75.4 Å². The van der Waals surface area contributed by atoms with Gasteiger partial charge in [0, 0.05) is 17.2 Å². The lowest BCUT2D eigenvalue weighted by molar-refractivity contribution is 0.471. The molecule has 0 saturated heterocycles. The van der Waals surface area contributed by atoms with Crippen molar-refractivity contribution in [2.24, 2.45) is 0 Å². The van der Waals surface area contributed by atoms with E-state index in [-0.39, 0.29) is 11.3 Å². The topological polar surface area (TPSA) is 53.1 Å². The summed E-state index contributed by atoms with van der Waals surface area (Å²) in [7, 11) is 0. The Morgan fingerprint density at radius 2 is 1.67 bits per heavy atom. The molecule has 1 heterocycles. The third-order valence-corrected chi connectivity index (χ3v) is 4.49.